The first-order chi connectivity index (χ1) is 12.2. The van der Waals surface area contributed by atoms with Gasteiger partial charge in [-0.3, -0.25) is 15.5 Å². The summed E-state index contributed by atoms with van der Waals surface area (Å²) < 4.78 is 10.7. The number of benzene rings is 2. The van der Waals surface area contributed by atoms with Gasteiger partial charge in [0, 0.05) is 5.69 Å². The maximum atomic E-state index is 11.8. The number of anilines is 1. The summed E-state index contributed by atoms with van der Waals surface area (Å²) in [5.41, 5.74) is 1.75. The third-order valence-corrected chi connectivity index (χ3v) is 3.36. The summed E-state index contributed by atoms with van der Waals surface area (Å²) >= 11 is 0. The largest absolute Gasteiger partial charge is 0.489 e. The second kappa shape index (κ2) is 7.83. The number of furan rings is 1. The molecule has 6 nitrogen and oxygen atoms in total. The number of carbonyl (C=O) groups excluding carboxylic acids is 1. The van der Waals surface area contributed by atoms with Gasteiger partial charge in [-0.25, -0.2) is 0 Å². The van der Waals surface area contributed by atoms with Gasteiger partial charge >= 0.3 is 0 Å². The summed E-state index contributed by atoms with van der Waals surface area (Å²) in [7, 11) is 0. The van der Waals surface area contributed by atoms with Gasteiger partial charge in [0.1, 0.15) is 12.4 Å². The van der Waals surface area contributed by atoms with Crippen LogP contribution in [0.5, 0.6) is 5.75 Å². The summed E-state index contributed by atoms with van der Waals surface area (Å²) in [5, 5.41) is 13.0. The van der Waals surface area contributed by atoms with Crippen LogP contribution in [0, 0.1) is 5.41 Å². The van der Waals surface area contributed by atoms with Crippen LogP contribution in [0.2, 0.25) is 0 Å². The summed E-state index contributed by atoms with van der Waals surface area (Å²) in [4.78, 5) is 11.8. The molecular weight excluding hydrogens is 318 g/mol. The molecule has 2 aromatic carbocycles. The molecule has 1 amide bonds. The van der Waals surface area contributed by atoms with Gasteiger partial charge in [-0.15, -0.1) is 0 Å². The van der Waals surface area contributed by atoms with Gasteiger partial charge in [-0.05, 0) is 42.0 Å². The van der Waals surface area contributed by atoms with Gasteiger partial charge in [-0.2, -0.15) is 0 Å². The van der Waals surface area contributed by atoms with E-state index in [1.54, 1.807) is 30.3 Å². The summed E-state index contributed by atoms with van der Waals surface area (Å²) in [5.74, 6) is 0.251. The normalized spacial score (nSPS) is 10.1. The van der Waals surface area contributed by atoms with Crippen molar-refractivity contribution in [2.75, 3.05) is 5.32 Å². The molecule has 0 saturated carbocycles. The molecule has 1 heterocycles. The third kappa shape index (κ3) is 4.71. The first kappa shape index (κ1) is 16.3. The lowest BCUT2D eigenvalue weighted by Crippen LogP contribution is -2.34. The number of ether oxygens (including phenoxy) is 1. The van der Waals surface area contributed by atoms with Crippen LogP contribution in [-0.4, -0.2) is 11.9 Å². The lowest BCUT2D eigenvalue weighted by Gasteiger charge is -2.10. The predicted molar refractivity (Wildman–Crippen MR) is 94.7 cm³/mol. The van der Waals surface area contributed by atoms with Crippen molar-refractivity contribution in [3.8, 4) is 5.75 Å². The minimum absolute atomic E-state index is 0.139. The minimum Gasteiger partial charge on any atom is -0.489 e. The first-order valence-corrected chi connectivity index (χ1v) is 7.68. The van der Waals surface area contributed by atoms with Crippen LogP contribution in [0.1, 0.15) is 16.1 Å². The van der Waals surface area contributed by atoms with Crippen molar-refractivity contribution in [1.82, 2.24) is 5.32 Å². The molecule has 0 unspecified atom stereocenters. The number of carbonyl (C=O) groups is 1. The Bertz CT molecular complexity index is 828. The molecule has 25 heavy (non-hydrogen) atoms. The van der Waals surface area contributed by atoms with Crippen LogP contribution < -0.4 is 15.4 Å². The molecule has 0 atom stereocenters. The quantitative estimate of drug-likeness (QED) is 0.491. The summed E-state index contributed by atoms with van der Waals surface area (Å²) in [6.45, 7) is 0.489. The smallest absolute Gasteiger partial charge is 0.293 e. The summed E-state index contributed by atoms with van der Waals surface area (Å²) in [6, 6.07) is 20.2. The molecule has 1 aromatic heterocycles. The second-order valence-electron chi connectivity index (χ2n) is 5.23. The molecule has 126 valence electrons. The van der Waals surface area contributed by atoms with E-state index in [0.29, 0.717) is 12.3 Å². The lowest BCUT2D eigenvalue weighted by molar-refractivity contribution is 0.0949. The minimum atomic E-state index is -0.481. The monoisotopic (exact) mass is 335 g/mol. The van der Waals surface area contributed by atoms with Crippen molar-refractivity contribution < 1.29 is 13.9 Å². The molecule has 0 radical (unpaired) electrons. The molecule has 0 saturated heterocycles. The van der Waals surface area contributed by atoms with Crippen molar-refractivity contribution in [2.45, 2.75) is 6.61 Å². The standard InChI is InChI=1S/C19H17N3O3/c20-19(22-18(23)17-7-4-12-24-17)21-15-8-10-16(11-9-15)25-13-14-5-2-1-3-6-14/h1-12H,13H2,(H3,20,21,22,23). The van der Waals surface area contributed by atoms with E-state index in [0.717, 1.165) is 11.3 Å². The average molecular weight is 335 g/mol. The van der Waals surface area contributed by atoms with Crippen LogP contribution in [0.15, 0.2) is 77.4 Å². The van der Waals surface area contributed by atoms with Gasteiger partial charge in [0.25, 0.3) is 5.91 Å². The molecular formula is C19H17N3O3. The van der Waals surface area contributed by atoms with E-state index in [9.17, 15) is 4.79 Å². The number of amides is 1. The van der Waals surface area contributed by atoms with E-state index in [1.165, 1.54) is 12.3 Å². The molecule has 0 aliphatic carbocycles. The highest BCUT2D eigenvalue weighted by atomic mass is 16.5. The Balaban J connectivity index is 1.50. The molecule has 0 aliphatic heterocycles. The Morgan fingerprint density at radius 3 is 2.44 bits per heavy atom. The van der Waals surface area contributed by atoms with Gasteiger partial charge in [0.2, 0.25) is 0 Å². The third-order valence-electron chi connectivity index (χ3n) is 3.36. The molecule has 0 bridgehead atoms. The Morgan fingerprint density at radius 1 is 1.00 bits per heavy atom. The zero-order valence-corrected chi connectivity index (χ0v) is 13.4. The highest BCUT2D eigenvalue weighted by molar-refractivity contribution is 6.07. The Labute approximate surface area is 144 Å². The summed E-state index contributed by atoms with van der Waals surface area (Å²) in [6.07, 6.45) is 1.40. The Kier molecular flexibility index (Phi) is 5.11. The molecule has 0 fully saturated rings. The van der Waals surface area contributed by atoms with Gasteiger partial charge in [0.15, 0.2) is 11.7 Å². The highest BCUT2D eigenvalue weighted by Crippen LogP contribution is 2.17. The van der Waals surface area contributed by atoms with E-state index in [2.05, 4.69) is 10.6 Å². The van der Waals surface area contributed by atoms with Crippen molar-refractivity contribution in [1.29, 1.82) is 5.41 Å². The van der Waals surface area contributed by atoms with E-state index in [1.807, 2.05) is 30.3 Å². The lowest BCUT2D eigenvalue weighted by atomic mass is 10.2. The van der Waals surface area contributed by atoms with Crippen LogP contribution in [0.3, 0.4) is 0 Å². The second-order valence-corrected chi connectivity index (χ2v) is 5.23. The van der Waals surface area contributed by atoms with Crippen molar-refractivity contribution in [3.63, 3.8) is 0 Å². The number of nitrogens with one attached hydrogen (secondary N) is 3. The van der Waals surface area contributed by atoms with E-state index in [-0.39, 0.29) is 11.7 Å². The van der Waals surface area contributed by atoms with Gasteiger partial charge in [-0.1, -0.05) is 30.3 Å². The van der Waals surface area contributed by atoms with E-state index >= 15 is 0 Å². The van der Waals surface area contributed by atoms with Gasteiger partial charge in [0.05, 0.1) is 6.26 Å². The van der Waals surface area contributed by atoms with Gasteiger partial charge < -0.3 is 14.5 Å². The fourth-order valence-electron chi connectivity index (χ4n) is 2.13. The molecule has 3 rings (SSSR count). The predicted octanol–water partition coefficient (Wildman–Crippen LogP) is 3.64. The zero-order valence-electron chi connectivity index (χ0n) is 13.4. The maximum Gasteiger partial charge on any atom is 0.293 e. The topological polar surface area (TPSA) is 87.4 Å². The van der Waals surface area contributed by atoms with Crippen molar-refractivity contribution >= 4 is 17.6 Å². The van der Waals surface area contributed by atoms with E-state index in [4.69, 9.17) is 14.6 Å². The number of guanidine groups is 1. The van der Waals surface area contributed by atoms with Crippen molar-refractivity contribution in [3.05, 3.63) is 84.3 Å². The zero-order chi connectivity index (χ0) is 17.5. The Morgan fingerprint density at radius 2 is 1.76 bits per heavy atom. The molecule has 3 aromatic rings. The van der Waals surface area contributed by atoms with Crippen molar-refractivity contribution in [2.24, 2.45) is 0 Å². The SMILES string of the molecule is N=C(NC(=O)c1ccco1)Nc1ccc(OCc2ccccc2)cc1. The highest BCUT2D eigenvalue weighted by Gasteiger charge is 2.10. The first-order valence-electron chi connectivity index (χ1n) is 7.68. The van der Waals surface area contributed by atoms with Crippen LogP contribution in [0.25, 0.3) is 0 Å². The fraction of sp³-hybridized carbons (Fsp3) is 0.0526. The number of hydrogen-bond donors (Lipinski definition) is 3. The van der Waals surface area contributed by atoms with Crippen LogP contribution >= 0.6 is 0 Å². The maximum absolute atomic E-state index is 11.8. The van der Waals surface area contributed by atoms with Crippen LogP contribution in [0.4, 0.5) is 5.69 Å². The molecule has 6 heteroatoms. The average Bonchev–Trinajstić information content (AvgIpc) is 3.17. The Hall–Kier alpha value is -3.54. The molecule has 0 aliphatic rings. The van der Waals surface area contributed by atoms with E-state index < -0.39 is 5.91 Å². The number of hydrogen-bond acceptors (Lipinski definition) is 4. The molecule has 0 spiro atoms. The molecule has 3 N–H and O–H groups in total. The fourth-order valence-corrected chi connectivity index (χ4v) is 2.13. The number of rotatable bonds is 5. The van der Waals surface area contributed by atoms with Crippen LogP contribution in [-0.2, 0) is 6.61 Å².